The van der Waals surface area contributed by atoms with Crippen LogP contribution in [0.15, 0.2) is 30.5 Å². The van der Waals surface area contributed by atoms with E-state index >= 15 is 0 Å². The number of aliphatic carboxylic acids is 1. The van der Waals surface area contributed by atoms with Gasteiger partial charge in [-0.2, -0.15) is 13.2 Å². The molecule has 4 N–H and O–H groups in total. The molecule has 9 heteroatoms. The van der Waals surface area contributed by atoms with E-state index < -0.39 is 23.8 Å². The minimum atomic E-state index is -4.38. The van der Waals surface area contributed by atoms with E-state index in [-0.39, 0.29) is 6.42 Å². The summed E-state index contributed by atoms with van der Waals surface area (Å²) in [7, 11) is 0. The number of nitrogens with two attached hydrogens (primary N) is 1. The minimum absolute atomic E-state index is 0.255. The first kappa shape index (κ1) is 24.6. The Morgan fingerprint density at radius 2 is 2.06 bits per heavy atom. The normalized spacial score (nSPS) is 12.6. The standard InChI is InChI=1S/C22H28F3N3O3/c1-3-16-10-15(11-19(26)21(29)30)9-14(2)20(16)31-8-4-7-27-13-18-6-5-17(12-28-18)22(23,24)25/h5-6,9-10,12,19,27H,3-4,7-8,11,13,26H2,1-2H3,(H,29,30)/t19-/m0/s1. The number of nitrogens with zero attached hydrogens (tertiary/aromatic N) is 1. The number of alkyl halides is 3. The van der Waals surface area contributed by atoms with Gasteiger partial charge in [-0.1, -0.05) is 19.1 Å². The van der Waals surface area contributed by atoms with Crippen molar-refractivity contribution >= 4 is 5.97 Å². The fraction of sp³-hybridized carbons (Fsp3) is 0.455. The molecule has 0 aliphatic heterocycles. The third kappa shape index (κ3) is 7.52. The van der Waals surface area contributed by atoms with Gasteiger partial charge < -0.3 is 20.9 Å². The minimum Gasteiger partial charge on any atom is -0.493 e. The first-order valence-electron chi connectivity index (χ1n) is 10.1. The van der Waals surface area contributed by atoms with E-state index in [0.717, 1.165) is 41.1 Å². The molecular formula is C22H28F3N3O3. The van der Waals surface area contributed by atoms with Gasteiger partial charge in [0.15, 0.2) is 0 Å². The summed E-state index contributed by atoms with van der Waals surface area (Å²) in [6.45, 7) is 5.37. The molecule has 0 saturated heterocycles. The summed E-state index contributed by atoms with van der Waals surface area (Å²) >= 11 is 0. The number of nitrogens with one attached hydrogen (secondary N) is 1. The molecule has 0 fully saturated rings. The highest BCUT2D eigenvalue weighted by molar-refractivity contribution is 5.73. The van der Waals surface area contributed by atoms with Crippen molar-refractivity contribution in [2.45, 2.75) is 51.9 Å². The van der Waals surface area contributed by atoms with Crippen LogP contribution in [0.25, 0.3) is 0 Å². The molecule has 2 rings (SSSR count). The smallest absolute Gasteiger partial charge is 0.417 e. The quantitative estimate of drug-likeness (QED) is 0.464. The summed E-state index contributed by atoms with van der Waals surface area (Å²) in [5.41, 5.74) is 8.19. The molecule has 170 valence electrons. The van der Waals surface area contributed by atoms with E-state index in [9.17, 15) is 18.0 Å². The number of aryl methyl sites for hydroxylation is 2. The van der Waals surface area contributed by atoms with E-state index in [1.54, 1.807) is 0 Å². The summed E-state index contributed by atoms with van der Waals surface area (Å²) in [6.07, 6.45) is -1.85. The number of pyridine rings is 1. The molecule has 0 amide bonds. The Labute approximate surface area is 179 Å². The van der Waals surface area contributed by atoms with Gasteiger partial charge in [-0.3, -0.25) is 9.78 Å². The van der Waals surface area contributed by atoms with Crippen LogP contribution in [-0.4, -0.2) is 35.3 Å². The molecule has 0 aliphatic carbocycles. The maximum Gasteiger partial charge on any atom is 0.417 e. The first-order valence-corrected chi connectivity index (χ1v) is 10.1. The lowest BCUT2D eigenvalue weighted by Crippen LogP contribution is -2.32. The molecule has 0 spiro atoms. The van der Waals surface area contributed by atoms with E-state index in [4.69, 9.17) is 15.6 Å². The molecule has 0 bridgehead atoms. The SMILES string of the molecule is CCc1cc(C[C@H](N)C(=O)O)cc(C)c1OCCCNCc1ccc(C(F)(F)F)cn1. The number of benzene rings is 1. The van der Waals surface area contributed by atoms with Crippen LogP contribution in [0.3, 0.4) is 0 Å². The van der Waals surface area contributed by atoms with Crippen LogP contribution >= 0.6 is 0 Å². The number of halogens is 3. The third-order valence-corrected chi connectivity index (χ3v) is 4.77. The number of carbonyl (C=O) groups is 1. The predicted octanol–water partition coefficient (Wildman–Crippen LogP) is 3.48. The highest BCUT2D eigenvalue weighted by Crippen LogP contribution is 2.28. The molecule has 1 atom stereocenters. The molecule has 1 heterocycles. The number of ether oxygens (including phenoxy) is 1. The Kier molecular flexibility index (Phi) is 8.82. The van der Waals surface area contributed by atoms with Gasteiger partial charge in [0.2, 0.25) is 0 Å². The van der Waals surface area contributed by atoms with Crippen molar-refractivity contribution in [3.8, 4) is 5.75 Å². The van der Waals surface area contributed by atoms with Gasteiger partial charge in [0.05, 0.1) is 17.9 Å². The molecular weight excluding hydrogens is 411 g/mol. The van der Waals surface area contributed by atoms with Gasteiger partial charge in [-0.05, 0) is 61.6 Å². The van der Waals surface area contributed by atoms with E-state index in [0.29, 0.717) is 31.8 Å². The molecule has 2 aromatic rings. The van der Waals surface area contributed by atoms with Crippen LogP contribution in [0, 0.1) is 6.92 Å². The Hall–Kier alpha value is -2.65. The number of aromatic nitrogens is 1. The fourth-order valence-corrected chi connectivity index (χ4v) is 3.14. The number of hydrogen-bond acceptors (Lipinski definition) is 5. The highest BCUT2D eigenvalue weighted by Gasteiger charge is 2.30. The van der Waals surface area contributed by atoms with Crippen LogP contribution in [0.2, 0.25) is 0 Å². The second-order valence-corrected chi connectivity index (χ2v) is 7.32. The second-order valence-electron chi connectivity index (χ2n) is 7.32. The summed E-state index contributed by atoms with van der Waals surface area (Å²) in [4.78, 5) is 14.8. The van der Waals surface area contributed by atoms with Crippen LogP contribution < -0.4 is 15.8 Å². The average molecular weight is 439 g/mol. The number of rotatable bonds is 11. The second kappa shape index (κ2) is 11.1. The summed E-state index contributed by atoms with van der Waals surface area (Å²) in [5, 5.41) is 12.1. The number of carboxylic acids is 1. The zero-order chi connectivity index (χ0) is 23.0. The molecule has 1 aromatic heterocycles. The van der Waals surface area contributed by atoms with Gasteiger partial charge in [0, 0.05) is 12.7 Å². The van der Waals surface area contributed by atoms with Gasteiger partial charge in [-0.15, -0.1) is 0 Å². The van der Waals surface area contributed by atoms with Crippen molar-refractivity contribution < 1.29 is 27.8 Å². The molecule has 0 saturated carbocycles. The van der Waals surface area contributed by atoms with Crippen molar-refractivity contribution in [3.05, 3.63) is 58.4 Å². The Morgan fingerprint density at radius 3 is 2.65 bits per heavy atom. The summed E-state index contributed by atoms with van der Waals surface area (Å²) in [6, 6.07) is 5.27. The largest absolute Gasteiger partial charge is 0.493 e. The highest BCUT2D eigenvalue weighted by atomic mass is 19.4. The van der Waals surface area contributed by atoms with Gasteiger partial charge >= 0.3 is 12.1 Å². The lowest BCUT2D eigenvalue weighted by atomic mass is 9.98. The molecule has 6 nitrogen and oxygen atoms in total. The molecule has 0 aliphatic rings. The van der Waals surface area contributed by atoms with Crippen LogP contribution in [0.4, 0.5) is 13.2 Å². The third-order valence-electron chi connectivity index (χ3n) is 4.77. The Bertz CT molecular complexity index is 871. The number of hydrogen-bond donors (Lipinski definition) is 3. The van der Waals surface area contributed by atoms with Crippen LogP contribution in [0.1, 0.15) is 41.3 Å². The van der Waals surface area contributed by atoms with Crippen LogP contribution in [0.5, 0.6) is 5.75 Å². The lowest BCUT2D eigenvalue weighted by molar-refractivity contribution is -0.139. The molecule has 0 unspecified atom stereocenters. The van der Waals surface area contributed by atoms with Crippen molar-refractivity contribution in [2.75, 3.05) is 13.2 Å². The van der Waals surface area contributed by atoms with Crippen molar-refractivity contribution in [2.24, 2.45) is 5.73 Å². The monoisotopic (exact) mass is 439 g/mol. The van der Waals surface area contributed by atoms with E-state index in [1.165, 1.54) is 6.07 Å². The predicted molar refractivity (Wildman–Crippen MR) is 111 cm³/mol. The Balaban J connectivity index is 1.80. The first-order chi connectivity index (χ1) is 14.6. The van der Waals surface area contributed by atoms with E-state index in [2.05, 4.69) is 10.3 Å². The van der Waals surface area contributed by atoms with E-state index in [1.807, 2.05) is 26.0 Å². The number of carboxylic acid groups (broad SMARTS) is 1. The molecule has 31 heavy (non-hydrogen) atoms. The maximum absolute atomic E-state index is 12.5. The van der Waals surface area contributed by atoms with Gasteiger partial charge in [0.1, 0.15) is 11.8 Å². The fourth-order valence-electron chi connectivity index (χ4n) is 3.14. The topological polar surface area (TPSA) is 97.5 Å². The summed E-state index contributed by atoms with van der Waals surface area (Å²) in [5.74, 6) is -0.241. The maximum atomic E-state index is 12.5. The Morgan fingerprint density at radius 1 is 1.32 bits per heavy atom. The van der Waals surface area contributed by atoms with Crippen molar-refractivity contribution in [3.63, 3.8) is 0 Å². The molecule has 1 aromatic carbocycles. The summed E-state index contributed by atoms with van der Waals surface area (Å²) < 4.78 is 43.6. The zero-order valence-corrected chi connectivity index (χ0v) is 17.6. The lowest BCUT2D eigenvalue weighted by Gasteiger charge is -2.16. The average Bonchev–Trinajstić information content (AvgIpc) is 2.71. The van der Waals surface area contributed by atoms with Gasteiger partial charge in [0.25, 0.3) is 0 Å². The van der Waals surface area contributed by atoms with Crippen molar-refractivity contribution in [1.82, 2.24) is 10.3 Å². The zero-order valence-electron chi connectivity index (χ0n) is 17.6. The van der Waals surface area contributed by atoms with Gasteiger partial charge in [-0.25, -0.2) is 0 Å². The van der Waals surface area contributed by atoms with Crippen LogP contribution in [-0.2, 0) is 30.4 Å². The van der Waals surface area contributed by atoms with Crippen molar-refractivity contribution in [1.29, 1.82) is 0 Å². The molecule has 0 radical (unpaired) electrons.